The van der Waals surface area contributed by atoms with Gasteiger partial charge in [-0.05, 0) is 6.42 Å². The molecule has 0 aromatic rings. The maximum atomic E-state index is 10.5. The van der Waals surface area contributed by atoms with Crippen LogP contribution in [-0.2, 0) is 14.2 Å². The quantitative estimate of drug-likeness (QED) is 0.304. The van der Waals surface area contributed by atoms with E-state index in [4.69, 9.17) is 32.6 Å². The number of carbonyl (C=O) groups is 1. The van der Waals surface area contributed by atoms with Crippen LogP contribution in [0.25, 0.3) is 0 Å². The third-order valence-corrected chi connectivity index (χ3v) is 2.38. The molecule has 0 aliphatic carbocycles. The Bertz CT molecular complexity index is 249. The van der Waals surface area contributed by atoms with E-state index >= 15 is 0 Å². The van der Waals surface area contributed by atoms with Gasteiger partial charge in [0.25, 0.3) is 0 Å². The van der Waals surface area contributed by atoms with Crippen LogP contribution in [0.5, 0.6) is 0 Å². The van der Waals surface area contributed by atoms with Crippen molar-refractivity contribution in [1.29, 1.82) is 0 Å². The van der Waals surface area contributed by atoms with Gasteiger partial charge in [-0.1, -0.05) is 0 Å². The molecule has 3 N–H and O–H groups in total. The monoisotopic (exact) mass is 246 g/mol. The van der Waals surface area contributed by atoms with Crippen molar-refractivity contribution in [3.63, 3.8) is 0 Å². The molecular formula is C9H15BO7. The van der Waals surface area contributed by atoms with E-state index in [9.17, 15) is 4.79 Å². The molecule has 1 aliphatic heterocycles. The lowest BCUT2D eigenvalue weighted by Gasteiger charge is -2.22. The number of ether oxygens (including phenoxy) is 3. The van der Waals surface area contributed by atoms with Crippen molar-refractivity contribution in [2.24, 2.45) is 0 Å². The average Bonchev–Trinajstić information content (AvgIpc) is 2.56. The first-order valence-electron chi connectivity index (χ1n) is 5.24. The number of hydrogen-bond donors (Lipinski definition) is 3. The van der Waals surface area contributed by atoms with Crippen LogP contribution in [0.4, 0.5) is 4.79 Å². The summed E-state index contributed by atoms with van der Waals surface area (Å²) in [7, 11) is 5.60. The number of aliphatic hydroxyl groups excluding tert-OH is 2. The largest absolute Gasteiger partial charge is 0.506 e. The standard InChI is InChI=1S/C9H15BO7/c10-8-7(15-3-1-2-11)6(17-9(13)14)5(4-12)16-8/h5-8,11-12H,1-4H2,(H,13,14). The Morgan fingerprint density at radius 3 is 2.59 bits per heavy atom. The van der Waals surface area contributed by atoms with Crippen molar-refractivity contribution < 1.29 is 34.3 Å². The molecule has 1 rings (SSSR count). The van der Waals surface area contributed by atoms with E-state index in [1.165, 1.54) is 0 Å². The van der Waals surface area contributed by atoms with Gasteiger partial charge in [-0.15, -0.1) is 0 Å². The maximum absolute atomic E-state index is 10.5. The molecule has 1 aliphatic rings. The van der Waals surface area contributed by atoms with E-state index in [2.05, 4.69) is 4.74 Å². The number of hydrogen-bond acceptors (Lipinski definition) is 6. The number of rotatable bonds is 6. The van der Waals surface area contributed by atoms with Crippen LogP contribution in [0.15, 0.2) is 0 Å². The fourth-order valence-electron chi connectivity index (χ4n) is 1.64. The van der Waals surface area contributed by atoms with Gasteiger partial charge < -0.3 is 29.5 Å². The zero-order chi connectivity index (χ0) is 12.8. The summed E-state index contributed by atoms with van der Waals surface area (Å²) in [5, 5.41) is 26.2. The maximum Gasteiger partial charge on any atom is 0.506 e. The third kappa shape index (κ3) is 3.84. The summed E-state index contributed by atoms with van der Waals surface area (Å²) in [6, 6.07) is -0.866. The molecule has 1 saturated heterocycles. The topological polar surface area (TPSA) is 105 Å². The molecule has 7 nitrogen and oxygen atoms in total. The van der Waals surface area contributed by atoms with Gasteiger partial charge in [0.15, 0.2) is 6.10 Å². The van der Waals surface area contributed by atoms with Crippen LogP contribution < -0.4 is 0 Å². The highest BCUT2D eigenvalue weighted by Gasteiger charge is 2.45. The van der Waals surface area contributed by atoms with Crippen molar-refractivity contribution in [1.82, 2.24) is 0 Å². The summed E-state index contributed by atoms with van der Waals surface area (Å²) in [5.74, 6) is 0. The van der Waals surface area contributed by atoms with Crippen LogP contribution in [0.2, 0.25) is 0 Å². The molecule has 96 valence electrons. The molecule has 0 saturated carbocycles. The summed E-state index contributed by atoms with van der Waals surface area (Å²) in [6.45, 7) is -0.252. The summed E-state index contributed by atoms with van der Waals surface area (Å²) < 4.78 is 15.0. The molecule has 1 fully saturated rings. The number of aliphatic hydroxyl groups is 2. The molecule has 0 aromatic carbocycles. The predicted octanol–water partition coefficient (Wildman–Crippen LogP) is -1.30. The minimum Gasteiger partial charge on any atom is -0.450 e. The van der Waals surface area contributed by atoms with E-state index in [1.54, 1.807) is 0 Å². The Labute approximate surface area is 99.7 Å². The Kier molecular flexibility index (Phi) is 5.69. The molecule has 4 atom stereocenters. The van der Waals surface area contributed by atoms with Gasteiger partial charge >= 0.3 is 6.16 Å². The molecule has 2 radical (unpaired) electrons. The Morgan fingerprint density at radius 1 is 1.35 bits per heavy atom. The van der Waals surface area contributed by atoms with E-state index < -0.39 is 37.1 Å². The van der Waals surface area contributed by atoms with Gasteiger partial charge in [0.1, 0.15) is 20.1 Å². The molecule has 0 amide bonds. The second-order valence-corrected chi connectivity index (χ2v) is 3.58. The molecule has 8 heteroatoms. The molecule has 0 spiro atoms. The zero-order valence-corrected chi connectivity index (χ0v) is 9.19. The van der Waals surface area contributed by atoms with Crippen LogP contribution in [-0.4, -0.2) is 73.5 Å². The molecule has 0 aromatic heterocycles. The van der Waals surface area contributed by atoms with Crippen molar-refractivity contribution in [2.45, 2.75) is 30.7 Å². The fourth-order valence-corrected chi connectivity index (χ4v) is 1.64. The van der Waals surface area contributed by atoms with Crippen LogP contribution in [0.3, 0.4) is 0 Å². The minimum atomic E-state index is -1.48. The zero-order valence-electron chi connectivity index (χ0n) is 9.19. The van der Waals surface area contributed by atoms with E-state index in [1.807, 2.05) is 0 Å². The SMILES string of the molecule is [B]C1OC(CO)C(OC(=O)O)C1OCCCO. The van der Waals surface area contributed by atoms with Crippen molar-refractivity contribution in [2.75, 3.05) is 19.8 Å². The van der Waals surface area contributed by atoms with Gasteiger partial charge in [0, 0.05) is 19.2 Å². The Balaban J connectivity index is 2.58. The highest BCUT2D eigenvalue weighted by atomic mass is 16.7. The van der Waals surface area contributed by atoms with Crippen LogP contribution in [0.1, 0.15) is 6.42 Å². The third-order valence-electron chi connectivity index (χ3n) is 2.38. The first-order valence-corrected chi connectivity index (χ1v) is 5.24. The van der Waals surface area contributed by atoms with Gasteiger partial charge in [0.05, 0.1) is 6.61 Å². The van der Waals surface area contributed by atoms with Gasteiger partial charge in [-0.3, -0.25) is 0 Å². The fraction of sp³-hybridized carbons (Fsp3) is 0.889. The second-order valence-electron chi connectivity index (χ2n) is 3.58. The highest BCUT2D eigenvalue weighted by Crippen LogP contribution is 2.25. The average molecular weight is 246 g/mol. The van der Waals surface area contributed by atoms with Gasteiger partial charge in [0.2, 0.25) is 0 Å². The van der Waals surface area contributed by atoms with Crippen molar-refractivity contribution >= 4 is 14.0 Å². The Morgan fingerprint density at radius 2 is 2.06 bits per heavy atom. The lowest BCUT2D eigenvalue weighted by molar-refractivity contribution is -0.0534. The summed E-state index contributed by atoms with van der Waals surface area (Å²) >= 11 is 0. The normalized spacial score (nSPS) is 32.6. The van der Waals surface area contributed by atoms with Gasteiger partial charge in [-0.25, -0.2) is 4.79 Å². The summed E-state index contributed by atoms with van der Waals surface area (Å²) in [4.78, 5) is 10.5. The summed E-state index contributed by atoms with van der Waals surface area (Å²) in [6.07, 6.45) is -3.67. The lowest BCUT2D eigenvalue weighted by atomic mass is 9.93. The van der Waals surface area contributed by atoms with E-state index in [0.717, 1.165) is 0 Å². The molecule has 0 bridgehead atoms. The van der Waals surface area contributed by atoms with Crippen molar-refractivity contribution in [3.8, 4) is 0 Å². The first kappa shape index (κ1) is 14.2. The van der Waals surface area contributed by atoms with E-state index in [0.29, 0.717) is 6.42 Å². The van der Waals surface area contributed by atoms with Crippen LogP contribution >= 0.6 is 0 Å². The van der Waals surface area contributed by atoms with Crippen molar-refractivity contribution in [3.05, 3.63) is 0 Å². The second kappa shape index (κ2) is 6.80. The minimum absolute atomic E-state index is 0.0449. The molecule has 4 unspecified atom stereocenters. The Hall–Kier alpha value is -0.825. The molecule has 1 heterocycles. The number of carboxylic acid groups (broad SMARTS) is 1. The lowest BCUT2D eigenvalue weighted by Crippen LogP contribution is -2.40. The smallest absolute Gasteiger partial charge is 0.450 e. The highest BCUT2D eigenvalue weighted by molar-refractivity contribution is 6.11. The molecule has 17 heavy (non-hydrogen) atoms. The summed E-state index contributed by atoms with van der Waals surface area (Å²) in [5.41, 5.74) is 0. The predicted molar refractivity (Wildman–Crippen MR) is 55.8 cm³/mol. The van der Waals surface area contributed by atoms with E-state index in [-0.39, 0.29) is 13.2 Å². The molecular weight excluding hydrogens is 231 g/mol. The van der Waals surface area contributed by atoms with Crippen LogP contribution in [0, 0.1) is 0 Å². The van der Waals surface area contributed by atoms with Gasteiger partial charge in [-0.2, -0.15) is 0 Å². The first-order chi connectivity index (χ1) is 8.10.